The Labute approximate surface area is 240 Å². The largest absolute Gasteiger partial charge is 0.472 e. The van der Waals surface area contributed by atoms with Crippen molar-refractivity contribution < 1.29 is 18.3 Å². The van der Waals surface area contributed by atoms with Crippen molar-refractivity contribution >= 4 is 27.5 Å². The van der Waals surface area contributed by atoms with Crippen molar-refractivity contribution in [3.63, 3.8) is 0 Å². The molecule has 0 radical (unpaired) electrons. The lowest BCUT2D eigenvalue weighted by Crippen LogP contribution is -2.56. The van der Waals surface area contributed by atoms with E-state index in [1.165, 1.54) is 6.07 Å². The Kier molecular flexibility index (Phi) is 5.87. The molecular weight excluding hydrogens is 544 g/mol. The van der Waals surface area contributed by atoms with Crippen LogP contribution in [0.2, 0.25) is 0 Å². The maximum absolute atomic E-state index is 16.7. The summed E-state index contributed by atoms with van der Waals surface area (Å²) < 4.78 is 43.7. The Balaban J connectivity index is 1.32. The Morgan fingerprint density at radius 3 is 3.00 bits per heavy atom. The third-order valence-corrected chi connectivity index (χ3v) is 9.34. The van der Waals surface area contributed by atoms with Crippen LogP contribution < -0.4 is 25.2 Å². The van der Waals surface area contributed by atoms with Gasteiger partial charge in [-0.1, -0.05) is 24.3 Å². The Bertz CT molecular complexity index is 1780. The minimum Gasteiger partial charge on any atom is -0.472 e. The number of anilines is 1. The summed E-state index contributed by atoms with van der Waals surface area (Å²) in [5, 5.41) is 5.09. The van der Waals surface area contributed by atoms with E-state index in [2.05, 4.69) is 30.1 Å². The van der Waals surface area contributed by atoms with E-state index in [1.807, 2.05) is 25.1 Å². The quantitative estimate of drug-likeness (QED) is 0.379. The Hall–Kier alpha value is -3.90. The van der Waals surface area contributed by atoms with Gasteiger partial charge >= 0.3 is 6.01 Å². The predicted molar refractivity (Wildman–Crippen MR) is 153 cm³/mol. The lowest BCUT2D eigenvalue weighted by Gasteiger charge is -2.38. The van der Waals surface area contributed by atoms with Crippen LogP contribution in [0, 0.1) is 5.82 Å². The van der Waals surface area contributed by atoms with Gasteiger partial charge in [0.1, 0.15) is 41.3 Å². The number of hydrogen-bond acceptors (Lipinski definition) is 9. The van der Waals surface area contributed by atoms with Gasteiger partial charge in [-0.3, -0.25) is 9.69 Å². The van der Waals surface area contributed by atoms with Crippen molar-refractivity contribution in [1.29, 1.82) is 0 Å². The first-order chi connectivity index (χ1) is 20.4. The molecule has 3 fully saturated rings. The molecule has 218 valence electrons. The number of aromatic amines is 1. The molecule has 1 aromatic carbocycles. The summed E-state index contributed by atoms with van der Waals surface area (Å²) in [6, 6.07) is 8.67. The molecule has 10 nitrogen and oxygen atoms in total. The molecule has 42 heavy (non-hydrogen) atoms. The molecule has 2 unspecified atom stereocenters. The molecular formula is C30H31F2N7O3. The van der Waals surface area contributed by atoms with Crippen LogP contribution >= 0.6 is 0 Å². The molecule has 0 aliphatic carbocycles. The summed E-state index contributed by atoms with van der Waals surface area (Å²) in [5.74, 6) is 0.000440. The maximum atomic E-state index is 16.7. The summed E-state index contributed by atoms with van der Waals surface area (Å²) in [4.78, 5) is 33.7. The number of aromatic nitrogens is 4. The van der Waals surface area contributed by atoms with Gasteiger partial charge in [0.2, 0.25) is 11.4 Å². The number of fused-ring (bicyclic) bond motifs is 4. The van der Waals surface area contributed by atoms with Crippen LogP contribution in [0.15, 0.2) is 35.1 Å². The monoisotopic (exact) mass is 575 g/mol. The van der Waals surface area contributed by atoms with E-state index in [0.717, 1.165) is 25.9 Å². The fraction of sp³-hybridized carbons (Fsp3) is 0.467. The van der Waals surface area contributed by atoms with Crippen molar-refractivity contribution in [1.82, 2.24) is 30.2 Å². The average molecular weight is 576 g/mol. The molecule has 0 amide bonds. The first-order valence-electron chi connectivity index (χ1n) is 14.6. The van der Waals surface area contributed by atoms with E-state index in [4.69, 9.17) is 14.5 Å². The van der Waals surface area contributed by atoms with Crippen molar-refractivity contribution in [3.8, 4) is 23.3 Å². The summed E-state index contributed by atoms with van der Waals surface area (Å²) in [5.41, 5.74) is -0.591. The fourth-order valence-electron chi connectivity index (χ4n) is 7.34. The zero-order chi connectivity index (χ0) is 28.6. The molecule has 4 aromatic rings. The predicted octanol–water partition coefficient (Wildman–Crippen LogP) is 3.19. The number of rotatable bonds is 4. The average Bonchev–Trinajstić information content (AvgIpc) is 3.48. The smallest absolute Gasteiger partial charge is 0.319 e. The van der Waals surface area contributed by atoms with E-state index in [0.29, 0.717) is 48.0 Å². The lowest BCUT2D eigenvalue weighted by molar-refractivity contribution is 0.107. The molecule has 4 atom stereocenters. The topological polar surface area (TPSA) is 108 Å². The number of hydrogen-bond donors (Lipinski definition) is 2. The van der Waals surface area contributed by atoms with Gasteiger partial charge < -0.3 is 24.7 Å². The molecule has 7 heterocycles. The molecule has 0 spiro atoms. The van der Waals surface area contributed by atoms with Gasteiger partial charge in [0.15, 0.2) is 5.82 Å². The molecule has 3 aromatic heterocycles. The number of ether oxygens (including phenoxy) is 2. The van der Waals surface area contributed by atoms with E-state index in [1.54, 1.807) is 6.07 Å². The second kappa shape index (κ2) is 9.56. The SMILES string of the molecule is CC1Oc2nc(-c3[nH]c(=O)cc4ccccc34)c(F)c3nc(OC[C@@]45CCCN4C[C@H](F)C5)nc(c23)N2CCNCC12. The van der Waals surface area contributed by atoms with Crippen molar-refractivity contribution in [2.24, 2.45) is 0 Å². The second-order valence-corrected chi connectivity index (χ2v) is 11.9. The van der Waals surface area contributed by atoms with Gasteiger partial charge in [-0.05, 0) is 31.7 Å². The van der Waals surface area contributed by atoms with Crippen LogP contribution in [0.5, 0.6) is 11.9 Å². The minimum atomic E-state index is -0.896. The van der Waals surface area contributed by atoms with Crippen LogP contribution in [0.3, 0.4) is 0 Å². The van der Waals surface area contributed by atoms with Gasteiger partial charge in [0.05, 0.1) is 17.3 Å². The van der Waals surface area contributed by atoms with E-state index in [9.17, 15) is 9.18 Å². The third-order valence-electron chi connectivity index (χ3n) is 9.34. The maximum Gasteiger partial charge on any atom is 0.319 e. The van der Waals surface area contributed by atoms with Gasteiger partial charge in [0.25, 0.3) is 0 Å². The third kappa shape index (κ3) is 3.95. The number of nitrogens with zero attached hydrogens (tertiary/aromatic N) is 5. The van der Waals surface area contributed by atoms with Gasteiger partial charge in [-0.25, -0.2) is 13.8 Å². The molecule has 8 rings (SSSR count). The van der Waals surface area contributed by atoms with Crippen molar-refractivity contribution in [3.05, 3.63) is 46.5 Å². The highest BCUT2D eigenvalue weighted by Crippen LogP contribution is 2.43. The number of piperazine rings is 1. The zero-order valence-electron chi connectivity index (χ0n) is 23.2. The van der Waals surface area contributed by atoms with Gasteiger partial charge in [-0.2, -0.15) is 9.97 Å². The number of alkyl halides is 1. The first-order valence-corrected chi connectivity index (χ1v) is 14.6. The van der Waals surface area contributed by atoms with Crippen LogP contribution in [-0.4, -0.2) is 88.0 Å². The van der Waals surface area contributed by atoms with Crippen LogP contribution in [0.1, 0.15) is 26.2 Å². The highest BCUT2D eigenvalue weighted by atomic mass is 19.1. The number of nitrogens with one attached hydrogen (secondary N) is 2. The molecule has 3 saturated heterocycles. The molecule has 4 aliphatic rings. The molecule has 0 bridgehead atoms. The van der Waals surface area contributed by atoms with E-state index in [-0.39, 0.29) is 53.1 Å². The molecule has 2 N–H and O–H groups in total. The number of pyridine rings is 2. The van der Waals surface area contributed by atoms with E-state index >= 15 is 4.39 Å². The highest BCUT2D eigenvalue weighted by Gasteiger charge is 2.49. The zero-order valence-corrected chi connectivity index (χ0v) is 23.2. The standard InChI is InChI=1S/C30H31F2N7O3/c1-16-20-13-33-8-10-39(20)27-22-25(36-29(37-27)41-15-30-7-4-9-38(30)14-18(31)12-30)23(32)26(35-28(22)42-16)24-19-6-3-2-5-17(19)11-21(40)34-24/h2-3,5-6,11,16,18,20,33H,4,7-10,12-15H2,1H3,(H,34,40)/t16?,18-,20?,30+/m1/s1. The summed E-state index contributed by atoms with van der Waals surface area (Å²) >= 11 is 0. The van der Waals surface area contributed by atoms with Crippen LogP contribution in [0.4, 0.5) is 14.6 Å². The van der Waals surface area contributed by atoms with Crippen LogP contribution in [0.25, 0.3) is 33.1 Å². The molecule has 12 heteroatoms. The Morgan fingerprint density at radius 2 is 2.10 bits per heavy atom. The fourth-order valence-corrected chi connectivity index (χ4v) is 7.34. The molecule has 0 saturated carbocycles. The highest BCUT2D eigenvalue weighted by molar-refractivity contribution is 6.00. The van der Waals surface area contributed by atoms with Gasteiger partial charge in [-0.15, -0.1) is 0 Å². The summed E-state index contributed by atoms with van der Waals surface area (Å²) in [6.45, 7) is 5.42. The van der Waals surface area contributed by atoms with E-state index < -0.39 is 17.5 Å². The number of H-pyrrole nitrogens is 1. The first kappa shape index (κ1) is 25.8. The number of halogens is 2. The summed E-state index contributed by atoms with van der Waals surface area (Å²) in [6.07, 6.45) is 1.02. The van der Waals surface area contributed by atoms with Gasteiger partial charge in [0, 0.05) is 44.1 Å². The lowest BCUT2D eigenvalue weighted by atomic mass is 9.95. The minimum absolute atomic E-state index is 0.00531. The normalized spacial score (nSPS) is 27.1. The van der Waals surface area contributed by atoms with Crippen molar-refractivity contribution in [2.45, 2.75) is 50.0 Å². The summed E-state index contributed by atoms with van der Waals surface area (Å²) in [7, 11) is 0. The molecule has 4 aliphatic heterocycles. The Morgan fingerprint density at radius 1 is 1.21 bits per heavy atom. The van der Waals surface area contributed by atoms with Crippen molar-refractivity contribution in [2.75, 3.05) is 44.2 Å². The number of benzene rings is 1. The second-order valence-electron chi connectivity index (χ2n) is 11.9. The van der Waals surface area contributed by atoms with Crippen LogP contribution in [-0.2, 0) is 0 Å².